The van der Waals surface area contributed by atoms with Crippen molar-refractivity contribution in [3.63, 3.8) is 0 Å². The van der Waals surface area contributed by atoms with E-state index in [0.717, 1.165) is 10.1 Å². The van der Waals surface area contributed by atoms with Gasteiger partial charge in [-0.15, -0.1) is 11.3 Å². The molecule has 5 rings (SSSR count). The highest BCUT2D eigenvalue weighted by Crippen LogP contribution is 2.51. The van der Waals surface area contributed by atoms with E-state index in [1.165, 1.54) is 28.4 Å². The monoisotopic (exact) mass is 563 g/mol. The first-order valence-corrected chi connectivity index (χ1v) is 13.8. The number of benzene rings is 1. The van der Waals surface area contributed by atoms with E-state index in [9.17, 15) is 24.3 Å². The van der Waals surface area contributed by atoms with Crippen LogP contribution in [-0.4, -0.2) is 59.2 Å². The molecule has 4 atom stereocenters. The van der Waals surface area contributed by atoms with Gasteiger partial charge in [0.1, 0.15) is 25.0 Å². The van der Waals surface area contributed by atoms with Gasteiger partial charge in [-0.1, -0.05) is 37.5 Å². The average Bonchev–Trinajstić information content (AvgIpc) is 3.47. The first-order valence-electron chi connectivity index (χ1n) is 12.9. The largest absolute Gasteiger partial charge is 0.508 e. The molecule has 1 N–H and O–H groups in total. The van der Waals surface area contributed by atoms with Crippen molar-refractivity contribution in [2.24, 2.45) is 5.92 Å². The highest BCUT2D eigenvalue weighted by Gasteiger charge is 2.58. The summed E-state index contributed by atoms with van der Waals surface area (Å²) >= 11 is 1.43. The first kappa shape index (κ1) is 27.5. The van der Waals surface area contributed by atoms with Crippen molar-refractivity contribution in [2.75, 3.05) is 13.2 Å². The van der Waals surface area contributed by atoms with Crippen LogP contribution in [0.25, 0.3) is 15.7 Å². The maximum absolute atomic E-state index is 13.4. The lowest BCUT2D eigenvalue weighted by Crippen LogP contribution is -2.62. The summed E-state index contributed by atoms with van der Waals surface area (Å²) in [6.07, 6.45) is 2.70. The van der Waals surface area contributed by atoms with Gasteiger partial charge >= 0.3 is 12.1 Å². The average molecular weight is 564 g/mol. The van der Waals surface area contributed by atoms with Crippen molar-refractivity contribution >= 4 is 50.8 Å². The summed E-state index contributed by atoms with van der Waals surface area (Å²) in [5.41, 5.74) is 2.68. The molecule has 3 heterocycles. The molecule has 1 aliphatic carbocycles. The number of esters is 1. The molecule has 40 heavy (non-hydrogen) atoms. The number of nitrogens with zero attached hydrogens (tertiary/aromatic N) is 1. The topological polar surface area (TPSA) is 119 Å². The lowest BCUT2D eigenvalue weighted by Gasteiger charge is -2.45. The smallest absolute Gasteiger partial charge is 0.457 e. The Hall–Kier alpha value is -4.02. The lowest BCUT2D eigenvalue weighted by atomic mass is 9.81. The molecule has 1 aromatic heterocycles. The van der Waals surface area contributed by atoms with Gasteiger partial charge in [-0.2, -0.15) is 0 Å². The number of amides is 1. The van der Waals surface area contributed by atoms with Crippen molar-refractivity contribution < 1.29 is 38.5 Å². The third kappa shape index (κ3) is 4.56. The number of fused-ring (bicyclic) bond motifs is 4. The molecule has 0 spiro atoms. The molecule has 1 saturated heterocycles. The number of β-lactam (4-membered cyclic amide) rings is 1. The normalized spacial score (nSPS) is 21.2. The Morgan fingerprint density at radius 1 is 1.18 bits per heavy atom. The zero-order chi connectivity index (χ0) is 28.7. The van der Waals surface area contributed by atoms with Crippen LogP contribution < -0.4 is 0 Å². The van der Waals surface area contributed by atoms with Crippen LogP contribution in [-0.2, 0) is 23.8 Å². The van der Waals surface area contributed by atoms with Gasteiger partial charge in [-0.25, -0.2) is 9.59 Å². The fourth-order valence-electron chi connectivity index (χ4n) is 5.57. The van der Waals surface area contributed by atoms with Crippen molar-refractivity contribution in [2.45, 2.75) is 44.9 Å². The van der Waals surface area contributed by atoms with Crippen LogP contribution in [0.2, 0.25) is 0 Å². The predicted molar refractivity (Wildman–Crippen MR) is 148 cm³/mol. The predicted octanol–water partition coefficient (Wildman–Crippen LogP) is 4.87. The molecule has 1 fully saturated rings. The highest BCUT2D eigenvalue weighted by molar-refractivity contribution is 7.20. The number of hydrogen-bond acceptors (Lipinski definition) is 9. The molecule has 10 heteroatoms. The van der Waals surface area contributed by atoms with E-state index in [2.05, 4.69) is 13.2 Å². The third-order valence-electron chi connectivity index (χ3n) is 7.38. The van der Waals surface area contributed by atoms with E-state index >= 15 is 0 Å². The number of hydrogen-bond donors (Lipinski definition) is 1. The summed E-state index contributed by atoms with van der Waals surface area (Å²) < 4.78 is 16.5. The molecule has 208 valence electrons. The molecule has 1 aromatic carbocycles. The molecule has 9 nitrogen and oxygen atoms in total. The highest BCUT2D eigenvalue weighted by atomic mass is 32.1. The molecular formula is C30H29NO8S. The molecule has 0 radical (unpaired) electrons. The summed E-state index contributed by atoms with van der Waals surface area (Å²) in [6, 6.07) is 5.10. The number of ether oxygens (including phenoxy) is 3. The second-order valence-corrected chi connectivity index (χ2v) is 10.9. The van der Waals surface area contributed by atoms with Crippen LogP contribution >= 0.6 is 11.3 Å². The SMILES string of the molecule is C=CCOC(=O)O[C@H](C)[C@H]1C(=O)N2C(C(=O)OCC=C)=C(C3=CCC(=O)c4c3sc3ccc(C(C)O)cc43)C[C@H]12. The van der Waals surface area contributed by atoms with Crippen molar-refractivity contribution in [1.29, 1.82) is 0 Å². The number of thiophene rings is 1. The number of ketones is 1. The number of allylic oxidation sites excluding steroid dienone is 2. The first-order chi connectivity index (χ1) is 19.2. The summed E-state index contributed by atoms with van der Waals surface area (Å²) in [6.45, 7) is 10.3. The quantitative estimate of drug-likeness (QED) is 0.261. The Bertz CT molecular complexity index is 1510. The maximum Gasteiger partial charge on any atom is 0.508 e. The van der Waals surface area contributed by atoms with E-state index in [0.29, 0.717) is 33.6 Å². The van der Waals surface area contributed by atoms with Gasteiger partial charge in [0.15, 0.2) is 5.78 Å². The molecule has 1 amide bonds. The number of aliphatic hydroxyl groups is 1. The number of Topliss-reactive ketones (excluding diaryl/α,β-unsaturated/α-hetero) is 1. The maximum atomic E-state index is 13.4. The van der Waals surface area contributed by atoms with Crippen LogP contribution in [0.3, 0.4) is 0 Å². The fourth-order valence-corrected chi connectivity index (χ4v) is 6.83. The van der Waals surface area contributed by atoms with E-state index in [1.54, 1.807) is 19.9 Å². The molecule has 0 saturated carbocycles. The summed E-state index contributed by atoms with van der Waals surface area (Å²) in [5, 5.41) is 10.8. The van der Waals surface area contributed by atoms with Gasteiger partial charge < -0.3 is 24.2 Å². The van der Waals surface area contributed by atoms with Gasteiger partial charge in [0.05, 0.1) is 18.1 Å². The zero-order valence-corrected chi connectivity index (χ0v) is 23.0. The Morgan fingerprint density at radius 3 is 2.60 bits per heavy atom. The minimum Gasteiger partial charge on any atom is -0.457 e. The zero-order valence-electron chi connectivity index (χ0n) is 22.2. The second kappa shape index (κ2) is 10.9. The minimum atomic E-state index is -0.907. The van der Waals surface area contributed by atoms with E-state index in [1.807, 2.05) is 18.2 Å². The van der Waals surface area contributed by atoms with Crippen LogP contribution in [0.4, 0.5) is 4.79 Å². The Balaban J connectivity index is 1.53. The van der Waals surface area contributed by atoms with Gasteiger partial charge in [-0.3, -0.25) is 9.59 Å². The van der Waals surface area contributed by atoms with Crippen molar-refractivity contribution in [3.8, 4) is 0 Å². The molecule has 2 aromatic rings. The van der Waals surface area contributed by atoms with Crippen LogP contribution in [0, 0.1) is 5.92 Å². The molecule has 2 aliphatic heterocycles. The summed E-state index contributed by atoms with van der Waals surface area (Å²) in [5.74, 6) is -1.77. The Kier molecular flexibility index (Phi) is 7.48. The van der Waals surface area contributed by atoms with Gasteiger partial charge in [0.2, 0.25) is 5.91 Å². The third-order valence-corrected chi connectivity index (χ3v) is 8.58. The van der Waals surface area contributed by atoms with Gasteiger partial charge in [0.25, 0.3) is 0 Å². The molecule has 0 bridgehead atoms. The Morgan fingerprint density at radius 2 is 1.90 bits per heavy atom. The summed E-state index contributed by atoms with van der Waals surface area (Å²) in [7, 11) is 0. The Labute approximate surface area is 235 Å². The molecular weight excluding hydrogens is 534 g/mol. The molecule has 3 aliphatic rings. The van der Waals surface area contributed by atoms with Crippen LogP contribution in [0.1, 0.15) is 53.6 Å². The minimum absolute atomic E-state index is 0.0200. The van der Waals surface area contributed by atoms with Crippen molar-refractivity contribution in [1.82, 2.24) is 4.90 Å². The van der Waals surface area contributed by atoms with E-state index in [4.69, 9.17) is 14.2 Å². The van der Waals surface area contributed by atoms with Crippen molar-refractivity contribution in [3.05, 3.63) is 76.9 Å². The number of rotatable bonds is 9. The second-order valence-electron chi connectivity index (χ2n) is 9.88. The van der Waals surface area contributed by atoms with Gasteiger partial charge in [0, 0.05) is 26.9 Å². The number of aliphatic hydroxyl groups excluding tert-OH is 1. The molecule has 1 unspecified atom stereocenters. The number of carbonyl (C=O) groups excluding carboxylic acids is 4. The fraction of sp³-hybridized carbons (Fsp3) is 0.333. The lowest BCUT2D eigenvalue weighted by molar-refractivity contribution is -0.162. The summed E-state index contributed by atoms with van der Waals surface area (Å²) in [4.78, 5) is 53.9. The van der Waals surface area contributed by atoms with Gasteiger partial charge in [-0.05, 0) is 49.1 Å². The standard InChI is InChI=1S/C30H29NO8S/c1-5-11-37-29(35)26-19(14-21-24(28(34)31(21)26)16(4)39-30(36)38-12-6-2)18-8-9-22(33)25-20-13-17(15(3)32)7-10-23(20)40-27(18)25/h5-8,10,13,15-16,21,24,32H,1-2,9,11-12,14H2,3-4H3/t15?,16-,21-,24-/m1/s1. The van der Waals surface area contributed by atoms with E-state index < -0.39 is 36.3 Å². The van der Waals surface area contributed by atoms with Crippen LogP contribution in [0.15, 0.2) is 60.9 Å². The number of carbonyl (C=O) groups is 4. The van der Waals surface area contributed by atoms with Crippen LogP contribution in [0.5, 0.6) is 0 Å². The van der Waals surface area contributed by atoms with E-state index in [-0.39, 0.29) is 37.0 Å².